The van der Waals surface area contributed by atoms with Gasteiger partial charge in [-0.1, -0.05) is 36.4 Å². The molecule has 2 atom stereocenters. The van der Waals surface area contributed by atoms with Crippen LogP contribution in [0.4, 0.5) is 0 Å². The zero-order chi connectivity index (χ0) is 15.0. The topological polar surface area (TPSA) is 57.6 Å². The Morgan fingerprint density at radius 1 is 1.14 bits per heavy atom. The summed E-state index contributed by atoms with van der Waals surface area (Å²) < 4.78 is 0. The first-order chi connectivity index (χ1) is 10.1. The van der Waals surface area contributed by atoms with Crippen molar-refractivity contribution < 1.29 is 14.7 Å². The monoisotopic (exact) mass is 283 g/mol. The van der Waals surface area contributed by atoms with Crippen molar-refractivity contribution in [2.45, 2.75) is 13.0 Å². The SMILES string of the molecule is CN(Cc1ccc2ccccc2c1)C(=O)[C@@H]1C[C@@H]1C(=O)O. The molecule has 1 aliphatic carbocycles. The van der Waals surface area contributed by atoms with Crippen molar-refractivity contribution in [1.82, 2.24) is 4.90 Å². The van der Waals surface area contributed by atoms with Crippen molar-refractivity contribution in [3.05, 3.63) is 48.0 Å². The predicted molar refractivity (Wildman–Crippen MR) is 79.7 cm³/mol. The van der Waals surface area contributed by atoms with Crippen molar-refractivity contribution in [2.24, 2.45) is 11.8 Å². The molecule has 0 saturated heterocycles. The number of carbonyl (C=O) groups is 2. The lowest BCUT2D eigenvalue weighted by molar-refractivity contribution is -0.141. The average Bonchev–Trinajstić information content (AvgIpc) is 3.27. The van der Waals surface area contributed by atoms with Crippen LogP contribution in [0.15, 0.2) is 42.5 Å². The maximum atomic E-state index is 12.2. The molecule has 0 radical (unpaired) electrons. The number of carboxylic acids is 1. The molecule has 1 amide bonds. The molecule has 3 rings (SSSR count). The molecule has 1 N–H and O–H groups in total. The lowest BCUT2D eigenvalue weighted by Crippen LogP contribution is -2.28. The highest BCUT2D eigenvalue weighted by atomic mass is 16.4. The molecule has 1 aliphatic rings. The van der Waals surface area contributed by atoms with Crippen LogP contribution in [0.25, 0.3) is 10.8 Å². The number of carboxylic acid groups (broad SMARTS) is 1. The molecular formula is C17H17NO3. The first-order valence-corrected chi connectivity index (χ1v) is 7.02. The van der Waals surface area contributed by atoms with Crippen LogP contribution in [0.1, 0.15) is 12.0 Å². The Balaban J connectivity index is 1.70. The fourth-order valence-corrected chi connectivity index (χ4v) is 2.71. The third kappa shape index (κ3) is 2.75. The number of carbonyl (C=O) groups excluding carboxylic acids is 1. The summed E-state index contributed by atoms with van der Waals surface area (Å²) in [5.74, 6) is -1.77. The zero-order valence-corrected chi connectivity index (χ0v) is 11.8. The third-order valence-corrected chi connectivity index (χ3v) is 4.03. The van der Waals surface area contributed by atoms with Gasteiger partial charge in [0.25, 0.3) is 0 Å². The van der Waals surface area contributed by atoms with Crippen LogP contribution in [0.5, 0.6) is 0 Å². The highest BCUT2D eigenvalue weighted by Gasteiger charge is 2.49. The van der Waals surface area contributed by atoms with Crippen LogP contribution in [0, 0.1) is 11.8 Å². The van der Waals surface area contributed by atoms with E-state index in [2.05, 4.69) is 12.1 Å². The Hall–Kier alpha value is -2.36. The van der Waals surface area contributed by atoms with Crippen molar-refractivity contribution in [2.75, 3.05) is 7.05 Å². The molecule has 0 aliphatic heterocycles. The van der Waals surface area contributed by atoms with Gasteiger partial charge in [-0.15, -0.1) is 0 Å². The molecule has 4 nitrogen and oxygen atoms in total. The maximum absolute atomic E-state index is 12.2. The molecule has 0 unspecified atom stereocenters. The molecule has 4 heteroatoms. The molecule has 21 heavy (non-hydrogen) atoms. The van der Waals surface area contributed by atoms with E-state index in [1.807, 2.05) is 30.3 Å². The number of amides is 1. The minimum atomic E-state index is -0.868. The zero-order valence-electron chi connectivity index (χ0n) is 11.8. The Kier molecular flexibility index (Phi) is 3.37. The second-order valence-electron chi connectivity index (χ2n) is 5.66. The van der Waals surface area contributed by atoms with Crippen LogP contribution in [0.2, 0.25) is 0 Å². The van der Waals surface area contributed by atoms with E-state index in [1.54, 1.807) is 11.9 Å². The average molecular weight is 283 g/mol. The summed E-state index contributed by atoms with van der Waals surface area (Å²) in [6.07, 6.45) is 0.468. The van der Waals surface area contributed by atoms with Crippen molar-refractivity contribution in [3.63, 3.8) is 0 Å². The second-order valence-corrected chi connectivity index (χ2v) is 5.66. The largest absolute Gasteiger partial charge is 0.481 e. The number of hydrogen-bond donors (Lipinski definition) is 1. The van der Waals surface area contributed by atoms with Gasteiger partial charge in [-0.2, -0.15) is 0 Å². The normalized spacial score (nSPS) is 20.2. The number of hydrogen-bond acceptors (Lipinski definition) is 2. The van der Waals surface area contributed by atoms with Gasteiger partial charge >= 0.3 is 5.97 Å². The van der Waals surface area contributed by atoms with Crippen LogP contribution in [-0.2, 0) is 16.1 Å². The van der Waals surface area contributed by atoms with Gasteiger partial charge in [0.2, 0.25) is 5.91 Å². The summed E-state index contributed by atoms with van der Waals surface area (Å²) in [5, 5.41) is 11.2. The molecule has 0 heterocycles. The quantitative estimate of drug-likeness (QED) is 0.938. The van der Waals surface area contributed by atoms with E-state index in [0.717, 1.165) is 10.9 Å². The number of nitrogens with zero attached hydrogens (tertiary/aromatic N) is 1. The minimum absolute atomic E-state index is 0.0736. The molecule has 108 valence electrons. The fourth-order valence-electron chi connectivity index (χ4n) is 2.71. The molecule has 1 fully saturated rings. The highest BCUT2D eigenvalue weighted by Crippen LogP contribution is 2.40. The highest BCUT2D eigenvalue weighted by molar-refractivity contribution is 5.89. The number of rotatable bonds is 4. The standard InChI is InChI=1S/C17H17NO3/c1-18(16(19)14-9-15(14)17(20)21)10-11-6-7-12-4-2-3-5-13(12)8-11/h2-8,14-15H,9-10H2,1H3,(H,20,21)/t14-,15+/m1/s1. The van der Waals surface area contributed by atoms with E-state index in [4.69, 9.17) is 5.11 Å². The van der Waals surface area contributed by atoms with Gasteiger partial charge in [0.15, 0.2) is 0 Å². The third-order valence-electron chi connectivity index (χ3n) is 4.03. The molecule has 1 saturated carbocycles. The first-order valence-electron chi connectivity index (χ1n) is 7.02. The summed E-state index contributed by atoms with van der Waals surface area (Å²) in [6.45, 7) is 0.506. The summed E-state index contributed by atoms with van der Waals surface area (Å²) in [6, 6.07) is 14.2. The van der Waals surface area contributed by atoms with E-state index >= 15 is 0 Å². The van der Waals surface area contributed by atoms with E-state index in [9.17, 15) is 9.59 Å². The predicted octanol–water partition coefficient (Wildman–Crippen LogP) is 2.52. The van der Waals surface area contributed by atoms with Gasteiger partial charge in [-0.3, -0.25) is 9.59 Å². The van der Waals surface area contributed by atoms with E-state index in [1.165, 1.54) is 5.39 Å². The molecule has 2 aromatic rings. The van der Waals surface area contributed by atoms with Gasteiger partial charge in [-0.25, -0.2) is 0 Å². The molecular weight excluding hydrogens is 266 g/mol. The Labute approximate surface area is 123 Å². The van der Waals surface area contributed by atoms with Crippen LogP contribution < -0.4 is 0 Å². The Bertz CT molecular complexity index is 710. The van der Waals surface area contributed by atoms with Crippen LogP contribution >= 0.6 is 0 Å². The molecule has 0 aromatic heterocycles. The number of benzene rings is 2. The van der Waals surface area contributed by atoms with Gasteiger partial charge in [-0.05, 0) is 28.8 Å². The van der Waals surface area contributed by atoms with Gasteiger partial charge in [0.05, 0.1) is 11.8 Å². The summed E-state index contributed by atoms with van der Waals surface area (Å²) in [5.41, 5.74) is 1.05. The van der Waals surface area contributed by atoms with E-state index in [-0.39, 0.29) is 11.8 Å². The van der Waals surface area contributed by atoms with Crippen LogP contribution in [0.3, 0.4) is 0 Å². The van der Waals surface area contributed by atoms with Crippen molar-refractivity contribution in [1.29, 1.82) is 0 Å². The second kappa shape index (κ2) is 5.20. The maximum Gasteiger partial charge on any atom is 0.307 e. The first kappa shape index (κ1) is 13.6. The summed E-state index contributed by atoms with van der Waals surface area (Å²) in [4.78, 5) is 24.6. The molecule has 0 spiro atoms. The fraction of sp³-hybridized carbons (Fsp3) is 0.294. The van der Waals surface area contributed by atoms with E-state index < -0.39 is 11.9 Å². The van der Waals surface area contributed by atoms with Crippen molar-refractivity contribution >= 4 is 22.6 Å². The smallest absolute Gasteiger partial charge is 0.307 e. The number of aliphatic carboxylic acids is 1. The lowest BCUT2D eigenvalue weighted by Gasteiger charge is -2.17. The lowest BCUT2D eigenvalue weighted by atomic mass is 10.1. The van der Waals surface area contributed by atoms with Gasteiger partial charge in [0, 0.05) is 13.6 Å². The minimum Gasteiger partial charge on any atom is -0.481 e. The molecule has 0 bridgehead atoms. The van der Waals surface area contributed by atoms with Crippen molar-refractivity contribution in [3.8, 4) is 0 Å². The summed E-state index contributed by atoms with van der Waals surface area (Å²) in [7, 11) is 1.73. The summed E-state index contributed by atoms with van der Waals surface area (Å²) >= 11 is 0. The molecule has 2 aromatic carbocycles. The van der Waals surface area contributed by atoms with Crippen LogP contribution in [-0.4, -0.2) is 28.9 Å². The van der Waals surface area contributed by atoms with Gasteiger partial charge < -0.3 is 10.0 Å². The Morgan fingerprint density at radius 3 is 2.52 bits per heavy atom. The van der Waals surface area contributed by atoms with E-state index in [0.29, 0.717) is 13.0 Å². The van der Waals surface area contributed by atoms with Gasteiger partial charge in [0.1, 0.15) is 0 Å². The number of fused-ring (bicyclic) bond motifs is 1. The Morgan fingerprint density at radius 2 is 1.86 bits per heavy atom.